The van der Waals surface area contributed by atoms with Gasteiger partial charge < -0.3 is 24.4 Å². The molecule has 2 amide bonds. The van der Waals surface area contributed by atoms with Gasteiger partial charge in [0, 0.05) is 13.0 Å². The molecule has 2 aromatic rings. The molecule has 1 aliphatic heterocycles. The molecule has 8 nitrogen and oxygen atoms in total. The van der Waals surface area contributed by atoms with Gasteiger partial charge in [0.25, 0.3) is 5.91 Å². The summed E-state index contributed by atoms with van der Waals surface area (Å²) < 4.78 is 15.6. The van der Waals surface area contributed by atoms with Crippen LogP contribution in [0.25, 0.3) is 0 Å². The Morgan fingerprint density at radius 2 is 1.69 bits per heavy atom. The fourth-order valence-electron chi connectivity index (χ4n) is 3.14. The van der Waals surface area contributed by atoms with Gasteiger partial charge in [0.15, 0.2) is 6.61 Å². The molecule has 29 heavy (non-hydrogen) atoms. The molecule has 3 rings (SSSR count). The van der Waals surface area contributed by atoms with Gasteiger partial charge in [-0.1, -0.05) is 24.3 Å². The van der Waals surface area contributed by atoms with Crippen molar-refractivity contribution in [1.82, 2.24) is 0 Å². The van der Waals surface area contributed by atoms with E-state index in [1.54, 1.807) is 48.5 Å². The van der Waals surface area contributed by atoms with E-state index >= 15 is 0 Å². The van der Waals surface area contributed by atoms with Crippen molar-refractivity contribution in [2.24, 2.45) is 5.92 Å². The van der Waals surface area contributed by atoms with Crippen molar-refractivity contribution in [3.63, 3.8) is 0 Å². The zero-order valence-electron chi connectivity index (χ0n) is 16.2. The highest BCUT2D eigenvalue weighted by atomic mass is 16.5. The third-order valence-electron chi connectivity index (χ3n) is 4.56. The molecule has 152 valence electrons. The van der Waals surface area contributed by atoms with Gasteiger partial charge >= 0.3 is 5.97 Å². The average Bonchev–Trinajstić information content (AvgIpc) is 3.13. The summed E-state index contributed by atoms with van der Waals surface area (Å²) in [4.78, 5) is 38.3. The largest absolute Gasteiger partial charge is 0.495 e. The predicted octanol–water partition coefficient (Wildman–Crippen LogP) is 2.24. The monoisotopic (exact) mass is 398 g/mol. The normalized spacial score (nSPS) is 15.7. The summed E-state index contributed by atoms with van der Waals surface area (Å²) in [5, 5.41) is 2.63. The number of amides is 2. The quantitative estimate of drug-likeness (QED) is 0.719. The second-order valence-electron chi connectivity index (χ2n) is 6.43. The molecule has 0 saturated carbocycles. The van der Waals surface area contributed by atoms with Gasteiger partial charge in [-0.05, 0) is 24.3 Å². The highest BCUT2D eigenvalue weighted by Gasteiger charge is 2.37. The van der Waals surface area contributed by atoms with E-state index in [0.717, 1.165) is 0 Å². The number of hydrogen-bond donors (Lipinski definition) is 1. The smallest absolute Gasteiger partial charge is 0.311 e. The van der Waals surface area contributed by atoms with Crippen LogP contribution in [0.15, 0.2) is 48.5 Å². The molecule has 0 bridgehead atoms. The van der Waals surface area contributed by atoms with Crippen molar-refractivity contribution < 1.29 is 28.6 Å². The van der Waals surface area contributed by atoms with Gasteiger partial charge in [-0.3, -0.25) is 14.4 Å². The van der Waals surface area contributed by atoms with Crippen LogP contribution in [0.3, 0.4) is 0 Å². The van der Waals surface area contributed by atoms with Crippen molar-refractivity contribution in [3.05, 3.63) is 48.5 Å². The summed E-state index contributed by atoms with van der Waals surface area (Å²) >= 11 is 0. The van der Waals surface area contributed by atoms with Crippen LogP contribution < -0.4 is 19.7 Å². The molecule has 1 N–H and O–H groups in total. The highest BCUT2D eigenvalue weighted by Crippen LogP contribution is 2.33. The lowest BCUT2D eigenvalue weighted by atomic mass is 10.1. The van der Waals surface area contributed by atoms with Crippen molar-refractivity contribution in [2.45, 2.75) is 6.42 Å². The number of carbonyl (C=O) groups excluding carboxylic acids is 3. The molecule has 0 aromatic heterocycles. The molecule has 0 spiro atoms. The fraction of sp³-hybridized carbons (Fsp3) is 0.286. The van der Waals surface area contributed by atoms with E-state index in [1.165, 1.54) is 19.1 Å². The second kappa shape index (κ2) is 9.09. The van der Waals surface area contributed by atoms with Crippen LogP contribution in [0.2, 0.25) is 0 Å². The number of esters is 1. The Hall–Kier alpha value is -3.55. The first-order valence-corrected chi connectivity index (χ1v) is 9.06. The van der Waals surface area contributed by atoms with Gasteiger partial charge in [-0.15, -0.1) is 0 Å². The second-order valence-corrected chi connectivity index (χ2v) is 6.43. The molecular weight excluding hydrogens is 376 g/mol. The van der Waals surface area contributed by atoms with Crippen LogP contribution in [0.1, 0.15) is 6.42 Å². The minimum atomic E-state index is -0.647. The predicted molar refractivity (Wildman–Crippen MR) is 106 cm³/mol. The SMILES string of the molecule is COc1ccccc1NC(=O)COC(=O)[C@@H]1CC(=O)N(c2ccccc2OC)C1. The van der Waals surface area contributed by atoms with Crippen LogP contribution in [0, 0.1) is 5.92 Å². The summed E-state index contributed by atoms with van der Waals surface area (Å²) in [7, 11) is 3.01. The van der Waals surface area contributed by atoms with Gasteiger partial charge in [0.2, 0.25) is 5.91 Å². The Bertz CT molecular complexity index is 914. The molecular formula is C21H22N2O6. The number of rotatable bonds is 7. The van der Waals surface area contributed by atoms with Gasteiger partial charge in [0.05, 0.1) is 31.5 Å². The molecule has 0 aliphatic carbocycles. The number of nitrogens with zero attached hydrogens (tertiary/aromatic N) is 1. The summed E-state index contributed by atoms with van der Waals surface area (Å²) in [6.45, 7) is -0.275. The first kappa shape index (κ1) is 20.2. The molecule has 2 aromatic carbocycles. The summed E-state index contributed by atoms with van der Waals surface area (Å²) in [5.41, 5.74) is 1.08. The van der Waals surface area contributed by atoms with Crippen LogP contribution >= 0.6 is 0 Å². The van der Waals surface area contributed by atoms with Gasteiger partial charge in [-0.25, -0.2) is 0 Å². The Morgan fingerprint density at radius 3 is 2.41 bits per heavy atom. The van der Waals surface area contributed by atoms with Crippen molar-refractivity contribution >= 4 is 29.2 Å². The zero-order valence-corrected chi connectivity index (χ0v) is 16.2. The van der Waals surface area contributed by atoms with Crippen LogP contribution in [0.4, 0.5) is 11.4 Å². The third-order valence-corrected chi connectivity index (χ3v) is 4.56. The van der Waals surface area contributed by atoms with Crippen molar-refractivity contribution in [1.29, 1.82) is 0 Å². The minimum Gasteiger partial charge on any atom is -0.495 e. The van der Waals surface area contributed by atoms with E-state index in [-0.39, 0.29) is 18.9 Å². The Morgan fingerprint density at radius 1 is 1.03 bits per heavy atom. The average molecular weight is 398 g/mol. The lowest BCUT2D eigenvalue weighted by Crippen LogP contribution is -2.28. The molecule has 0 radical (unpaired) electrons. The number of benzene rings is 2. The standard InChI is InChI=1S/C21H22N2O6/c1-27-17-9-5-3-7-15(17)22-19(24)13-29-21(26)14-11-20(25)23(12-14)16-8-4-6-10-18(16)28-2/h3-10,14H,11-13H2,1-2H3,(H,22,24)/t14-/m1/s1. The Balaban J connectivity index is 1.56. The van der Waals surface area contributed by atoms with E-state index in [0.29, 0.717) is 22.9 Å². The number of para-hydroxylation sites is 4. The molecule has 0 unspecified atom stereocenters. The summed E-state index contributed by atoms with van der Waals surface area (Å²) in [5.74, 6) is -0.881. The summed E-state index contributed by atoms with van der Waals surface area (Å²) in [6.07, 6.45) is 0.0189. The van der Waals surface area contributed by atoms with Crippen LogP contribution in [-0.4, -0.2) is 45.2 Å². The van der Waals surface area contributed by atoms with Crippen LogP contribution in [0.5, 0.6) is 11.5 Å². The minimum absolute atomic E-state index is 0.0189. The number of nitrogens with one attached hydrogen (secondary N) is 1. The van der Waals surface area contributed by atoms with E-state index < -0.39 is 24.4 Å². The number of carbonyl (C=O) groups is 3. The van der Waals surface area contributed by atoms with Crippen molar-refractivity contribution in [2.75, 3.05) is 37.6 Å². The van der Waals surface area contributed by atoms with Crippen molar-refractivity contribution in [3.8, 4) is 11.5 Å². The lowest BCUT2D eigenvalue weighted by Gasteiger charge is -2.19. The number of anilines is 2. The number of hydrogen-bond acceptors (Lipinski definition) is 6. The Kier molecular flexibility index (Phi) is 6.33. The van der Waals surface area contributed by atoms with Gasteiger partial charge in [0.1, 0.15) is 11.5 Å². The zero-order chi connectivity index (χ0) is 20.8. The van der Waals surface area contributed by atoms with E-state index in [1.807, 2.05) is 0 Å². The molecule has 1 heterocycles. The maximum Gasteiger partial charge on any atom is 0.311 e. The lowest BCUT2D eigenvalue weighted by molar-refractivity contribution is -0.151. The first-order chi connectivity index (χ1) is 14.0. The van der Waals surface area contributed by atoms with Gasteiger partial charge in [-0.2, -0.15) is 0 Å². The summed E-state index contributed by atoms with van der Waals surface area (Å²) in [6, 6.07) is 14.0. The number of ether oxygens (including phenoxy) is 3. The molecule has 8 heteroatoms. The Labute approximate surface area is 168 Å². The van der Waals surface area contributed by atoms with E-state index in [4.69, 9.17) is 14.2 Å². The topological polar surface area (TPSA) is 94.2 Å². The fourth-order valence-corrected chi connectivity index (χ4v) is 3.14. The maximum atomic E-state index is 12.4. The molecule has 1 atom stereocenters. The first-order valence-electron chi connectivity index (χ1n) is 9.06. The molecule has 1 saturated heterocycles. The molecule has 1 aliphatic rings. The highest BCUT2D eigenvalue weighted by molar-refractivity contribution is 6.01. The third kappa shape index (κ3) is 4.66. The van der Waals surface area contributed by atoms with E-state index in [9.17, 15) is 14.4 Å². The van der Waals surface area contributed by atoms with E-state index in [2.05, 4.69) is 5.32 Å². The maximum absolute atomic E-state index is 12.4. The van der Waals surface area contributed by atoms with Crippen LogP contribution in [-0.2, 0) is 19.1 Å². The molecule has 1 fully saturated rings. The number of methoxy groups -OCH3 is 2.